The molecule has 2 aromatic heterocycles. The number of hydrogen-bond donors (Lipinski definition) is 1. The first-order valence-corrected chi connectivity index (χ1v) is 12.0. The van der Waals surface area contributed by atoms with E-state index < -0.39 is 0 Å². The van der Waals surface area contributed by atoms with Gasteiger partial charge in [-0.05, 0) is 74.2 Å². The summed E-state index contributed by atoms with van der Waals surface area (Å²) in [6.07, 6.45) is 3.16. The van der Waals surface area contributed by atoms with Crippen LogP contribution in [0.4, 0.5) is 5.82 Å². The summed E-state index contributed by atoms with van der Waals surface area (Å²) < 4.78 is 5.88. The molecule has 5 rings (SSSR count). The van der Waals surface area contributed by atoms with Gasteiger partial charge in [-0.1, -0.05) is 24.3 Å². The average Bonchev–Trinajstić information content (AvgIpc) is 3.40. The number of rotatable bonds is 5. The van der Waals surface area contributed by atoms with E-state index in [0.29, 0.717) is 36.3 Å². The van der Waals surface area contributed by atoms with Gasteiger partial charge in [0, 0.05) is 36.0 Å². The van der Waals surface area contributed by atoms with Crippen LogP contribution in [0.1, 0.15) is 34.3 Å². The SMILES string of the molecule is Cc1ccccc1-c1nnc(-c2ccc(C(=O)N3CCCC(C(=O)Nc4ncccc4C)C3)cc2)o1. The summed E-state index contributed by atoms with van der Waals surface area (Å²) in [7, 11) is 0. The number of hydrogen-bond acceptors (Lipinski definition) is 6. The van der Waals surface area contributed by atoms with Crippen LogP contribution in [-0.2, 0) is 4.79 Å². The van der Waals surface area contributed by atoms with Gasteiger partial charge in [-0.3, -0.25) is 9.59 Å². The highest BCUT2D eigenvalue weighted by molar-refractivity contribution is 5.96. The lowest BCUT2D eigenvalue weighted by Crippen LogP contribution is -2.43. The molecule has 182 valence electrons. The fraction of sp³-hybridized carbons (Fsp3) is 0.250. The molecule has 1 saturated heterocycles. The lowest BCUT2D eigenvalue weighted by molar-refractivity contribution is -0.121. The molecule has 0 bridgehead atoms. The van der Waals surface area contributed by atoms with Crippen molar-refractivity contribution < 1.29 is 14.0 Å². The standard InChI is InChI=1S/C28H27N5O3/c1-18-7-3-4-10-23(18)27-32-31-26(36-27)20-11-13-21(14-12-20)28(35)33-16-6-9-22(17-33)25(34)30-24-19(2)8-5-15-29-24/h3-5,7-8,10-15,22H,6,9,16-17H2,1-2H3,(H,29,30,34). The van der Waals surface area contributed by atoms with Gasteiger partial charge in [0.2, 0.25) is 17.7 Å². The average molecular weight is 482 g/mol. The van der Waals surface area contributed by atoms with Crippen molar-refractivity contribution in [1.29, 1.82) is 0 Å². The van der Waals surface area contributed by atoms with Crippen molar-refractivity contribution in [1.82, 2.24) is 20.1 Å². The van der Waals surface area contributed by atoms with Crippen LogP contribution in [0.15, 0.2) is 71.3 Å². The molecule has 1 aliphatic rings. The molecular formula is C28H27N5O3. The zero-order valence-electron chi connectivity index (χ0n) is 20.3. The maximum absolute atomic E-state index is 13.2. The predicted molar refractivity (Wildman–Crippen MR) is 136 cm³/mol. The van der Waals surface area contributed by atoms with E-state index in [1.54, 1.807) is 35.4 Å². The lowest BCUT2D eigenvalue weighted by atomic mass is 9.96. The Bertz CT molecular complexity index is 1400. The Balaban J connectivity index is 1.25. The van der Waals surface area contributed by atoms with Crippen LogP contribution in [-0.4, -0.2) is 45.0 Å². The minimum absolute atomic E-state index is 0.0980. The first kappa shape index (κ1) is 23.4. The predicted octanol–water partition coefficient (Wildman–Crippen LogP) is 4.91. The van der Waals surface area contributed by atoms with Crippen molar-refractivity contribution in [2.24, 2.45) is 5.92 Å². The number of pyridine rings is 1. The Kier molecular flexibility index (Phi) is 6.58. The third-order valence-electron chi connectivity index (χ3n) is 6.51. The second-order valence-electron chi connectivity index (χ2n) is 9.05. The molecule has 0 spiro atoms. The molecule has 3 heterocycles. The van der Waals surface area contributed by atoms with Gasteiger partial charge in [0.05, 0.1) is 5.92 Å². The number of benzene rings is 2. The van der Waals surface area contributed by atoms with E-state index in [0.717, 1.165) is 35.1 Å². The molecule has 1 atom stereocenters. The lowest BCUT2D eigenvalue weighted by Gasteiger charge is -2.32. The summed E-state index contributed by atoms with van der Waals surface area (Å²) >= 11 is 0. The van der Waals surface area contributed by atoms with Crippen LogP contribution in [0.2, 0.25) is 0 Å². The minimum atomic E-state index is -0.276. The second-order valence-corrected chi connectivity index (χ2v) is 9.05. The number of likely N-dealkylation sites (tertiary alicyclic amines) is 1. The number of piperidine rings is 1. The smallest absolute Gasteiger partial charge is 0.253 e. The number of amides is 2. The third kappa shape index (κ3) is 4.88. The maximum atomic E-state index is 13.2. The van der Waals surface area contributed by atoms with E-state index in [1.165, 1.54) is 0 Å². The highest BCUT2D eigenvalue weighted by atomic mass is 16.4. The molecule has 1 aliphatic heterocycles. The van der Waals surface area contributed by atoms with Gasteiger partial charge in [0.15, 0.2) is 0 Å². The van der Waals surface area contributed by atoms with E-state index >= 15 is 0 Å². The minimum Gasteiger partial charge on any atom is -0.416 e. The number of aromatic nitrogens is 3. The van der Waals surface area contributed by atoms with Gasteiger partial charge in [0.25, 0.3) is 5.91 Å². The van der Waals surface area contributed by atoms with Crippen molar-refractivity contribution in [3.8, 4) is 22.9 Å². The van der Waals surface area contributed by atoms with E-state index in [-0.39, 0.29) is 17.7 Å². The zero-order chi connectivity index (χ0) is 25.1. The Labute approximate surface area is 209 Å². The number of carbonyl (C=O) groups excluding carboxylic acids is 2. The molecule has 0 radical (unpaired) electrons. The summed E-state index contributed by atoms with van der Waals surface area (Å²) in [6.45, 7) is 4.90. The first-order valence-electron chi connectivity index (χ1n) is 12.0. The molecule has 1 N–H and O–H groups in total. The Morgan fingerprint density at radius 1 is 0.944 bits per heavy atom. The van der Waals surface area contributed by atoms with Crippen LogP contribution in [0.5, 0.6) is 0 Å². The van der Waals surface area contributed by atoms with Crippen LogP contribution < -0.4 is 5.32 Å². The Hall–Kier alpha value is -4.33. The molecule has 8 heteroatoms. The zero-order valence-corrected chi connectivity index (χ0v) is 20.3. The van der Waals surface area contributed by atoms with E-state index in [1.807, 2.05) is 50.2 Å². The number of anilines is 1. The van der Waals surface area contributed by atoms with Crippen LogP contribution in [0, 0.1) is 19.8 Å². The van der Waals surface area contributed by atoms with Gasteiger partial charge in [-0.25, -0.2) is 4.98 Å². The molecule has 4 aromatic rings. The summed E-state index contributed by atoms with van der Waals surface area (Å²) in [5.74, 6) is 0.938. The van der Waals surface area contributed by atoms with Crippen molar-refractivity contribution >= 4 is 17.6 Å². The quantitative estimate of drug-likeness (QED) is 0.435. The van der Waals surface area contributed by atoms with Crippen LogP contribution in [0.3, 0.4) is 0 Å². The number of nitrogens with one attached hydrogen (secondary N) is 1. The highest BCUT2D eigenvalue weighted by Crippen LogP contribution is 2.27. The Morgan fingerprint density at radius 2 is 1.69 bits per heavy atom. The monoisotopic (exact) mass is 481 g/mol. The molecule has 2 aromatic carbocycles. The highest BCUT2D eigenvalue weighted by Gasteiger charge is 2.29. The van der Waals surface area contributed by atoms with Gasteiger partial charge < -0.3 is 14.6 Å². The molecule has 8 nitrogen and oxygen atoms in total. The maximum Gasteiger partial charge on any atom is 0.253 e. The summed E-state index contributed by atoms with van der Waals surface area (Å²) in [4.78, 5) is 32.0. The molecule has 36 heavy (non-hydrogen) atoms. The molecule has 0 aliphatic carbocycles. The largest absolute Gasteiger partial charge is 0.416 e. The van der Waals surface area contributed by atoms with Gasteiger partial charge in [-0.15, -0.1) is 10.2 Å². The molecule has 0 saturated carbocycles. The number of nitrogens with zero attached hydrogens (tertiary/aromatic N) is 4. The summed E-state index contributed by atoms with van der Waals surface area (Å²) in [5, 5.41) is 11.3. The van der Waals surface area contributed by atoms with Crippen molar-refractivity contribution in [2.45, 2.75) is 26.7 Å². The van der Waals surface area contributed by atoms with Gasteiger partial charge in [-0.2, -0.15) is 0 Å². The summed E-state index contributed by atoms with van der Waals surface area (Å²) in [5.41, 5.74) is 4.14. The normalized spacial score (nSPS) is 15.5. The van der Waals surface area contributed by atoms with Crippen LogP contribution in [0.25, 0.3) is 22.9 Å². The van der Waals surface area contributed by atoms with Gasteiger partial charge >= 0.3 is 0 Å². The first-order chi connectivity index (χ1) is 17.5. The van der Waals surface area contributed by atoms with Crippen molar-refractivity contribution in [3.63, 3.8) is 0 Å². The van der Waals surface area contributed by atoms with Crippen molar-refractivity contribution in [3.05, 3.63) is 83.6 Å². The molecule has 2 amide bonds. The Morgan fingerprint density at radius 3 is 2.47 bits per heavy atom. The van der Waals surface area contributed by atoms with Crippen LogP contribution >= 0.6 is 0 Å². The molecule has 1 fully saturated rings. The molecule has 1 unspecified atom stereocenters. The second kappa shape index (κ2) is 10.1. The fourth-order valence-corrected chi connectivity index (χ4v) is 4.41. The number of carbonyl (C=O) groups is 2. The van der Waals surface area contributed by atoms with Crippen molar-refractivity contribution in [2.75, 3.05) is 18.4 Å². The van der Waals surface area contributed by atoms with E-state index in [4.69, 9.17) is 4.42 Å². The van der Waals surface area contributed by atoms with E-state index in [2.05, 4.69) is 20.5 Å². The van der Waals surface area contributed by atoms with Gasteiger partial charge in [0.1, 0.15) is 5.82 Å². The third-order valence-corrected chi connectivity index (χ3v) is 6.51. The molecular weight excluding hydrogens is 454 g/mol. The fourth-order valence-electron chi connectivity index (χ4n) is 4.41. The topological polar surface area (TPSA) is 101 Å². The number of aryl methyl sites for hydroxylation is 2. The van der Waals surface area contributed by atoms with E-state index in [9.17, 15) is 9.59 Å². The summed E-state index contributed by atoms with van der Waals surface area (Å²) in [6, 6.07) is 18.7.